The molecule has 2 N–H and O–H groups in total. The second-order valence-corrected chi connectivity index (χ2v) is 8.15. The molecule has 0 radical (unpaired) electrons. The summed E-state index contributed by atoms with van der Waals surface area (Å²) in [4.78, 5) is 4.11. The van der Waals surface area contributed by atoms with Crippen LogP contribution in [0.4, 0.5) is 5.82 Å². The van der Waals surface area contributed by atoms with Gasteiger partial charge in [-0.1, -0.05) is 51.1 Å². The summed E-state index contributed by atoms with van der Waals surface area (Å²) in [6.07, 6.45) is 3.20. The Kier molecular flexibility index (Phi) is 5.09. The molecule has 2 aromatic heterocycles. The maximum absolute atomic E-state index is 6.89. The van der Waals surface area contributed by atoms with Crippen molar-refractivity contribution < 1.29 is 9.47 Å². The fourth-order valence-electron chi connectivity index (χ4n) is 4.95. The van der Waals surface area contributed by atoms with Crippen LogP contribution in [0.15, 0.2) is 48.8 Å². The largest absolute Gasteiger partial charge is 0.382 e. The molecule has 1 unspecified atom stereocenters. The van der Waals surface area contributed by atoms with Gasteiger partial charge in [0.05, 0.1) is 24.0 Å². The van der Waals surface area contributed by atoms with E-state index in [-0.39, 0.29) is 17.6 Å². The lowest BCUT2D eigenvalue weighted by atomic mass is 9.79. The van der Waals surface area contributed by atoms with Crippen molar-refractivity contribution in [2.24, 2.45) is 5.92 Å². The van der Waals surface area contributed by atoms with Crippen LogP contribution in [0.1, 0.15) is 51.8 Å². The van der Waals surface area contributed by atoms with E-state index in [0.29, 0.717) is 12.4 Å². The number of aromatic nitrogens is 3. The fourth-order valence-corrected chi connectivity index (χ4v) is 4.95. The summed E-state index contributed by atoms with van der Waals surface area (Å²) in [5, 5.41) is 4.46. The van der Waals surface area contributed by atoms with Crippen molar-refractivity contribution in [1.82, 2.24) is 14.6 Å². The number of hydrogen-bond acceptors (Lipinski definition) is 5. The van der Waals surface area contributed by atoms with E-state index in [4.69, 9.17) is 15.2 Å². The predicted octanol–water partition coefficient (Wildman–Crippen LogP) is 4.34. The molecule has 3 atom stereocenters. The minimum atomic E-state index is -0.659. The van der Waals surface area contributed by atoms with E-state index in [0.717, 1.165) is 29.6 Å². The monoisotopic (exact) mass is 394 g/mol. The van der Waals surface area contributed by atoms with E-state index in [1.54, 1.807) is 0 Å². The molecule has 29 heavy (non-hydrogen) atoms. The first-order chi connectivity index (χ1) is 13.9. The third kappa shape index (κ3) is 3.11. The van der Waals surface area contributed by atoms with Gasteiger partial charge in [-0.15, -0.1) is 0 Å². The minimum absolute atomic E-state index is 0.128. The van der Waals surface area contributed by atoms with Crippen LogP contribution in [0.5, 0.6) is 0 Å². The first-order valence-corrected chi connectivity index (χ1v) is 10.4. The van der Waals surface area contributed by atoms with E-state index in [1.165, 1.54) is 6.33 Å². The first kappa shape index (κ1) is 19.9. The van der Waals surface area contributed by atoms with Gasteiger partial charge in [0, 0.05) is 5.92 Å². The summed E-state index contributed by atoms with van der Waals surface area (Å²) in [6.45, 7) is 9.28. The molecule has 0 bridgehead atoms. The summed E-state index contributed by atoms with van der Waals surface area (Å²) in [5.74, 6) is 0.677. The predicted molar refractivity (Wildman–Crippen MR) is 113 cm³/mol. The van der Waals surface area contributed by atoms with E-state index in [9.17, 15) is 0 Å². The Morgan fingerprint density at radius 1 is 1.14 bits per heavy atom. The molecule has 3 aromatic rings. The van der Waals surface area contributed by atoms with Gasteiger partial charge in [0.1, 0.15) is 17.4 Å². The van der Waals surface area contributed by atoms with Crippen LogP contribution in [0, 0.1) is 5.92 Å². The number of fused-ring (bicyclic) bond motifs is 1. The highest BCUT2D eigenvalue weighted by atomic mass is 16.6. The molecule has 1 aliphatic rings. The number of hydrogen-bond donors (Lipinski definition) is 1. The molecule has 0 aliphatic carbocycles. The second-order valence-electron chi connectivity index (χ2n) is 8.15. The summed E-state index contributed by atoms with van der Waals surface area (Å²) < 4.78 is 15.3. The maximum Gasteiger partial charge on any atom is 0.151 e. The Balaban J connectivity index is 1.77. The SMILES string of the molecule is CCC1(CC)OC(C)(c2ccc3c(N)ncnn23)[C@H](OCc2ccccc2)[C@@H]1C. The van der Waals surface area contributed by atoms with Gasteiger partial charge in [0.15, 0.2) is 5.82 Å². The van der Waals surface area contributed by atoms with E-state index in [1.807, 2.05) is 34.8 Å². The number of benzene rings is 1. The van der Waals surface area contributed by atoms with Crippen LogP contribution in [0.3, 0.4) is 0 Å². The zero-order valence-corrected chi connectivity index (χ0v) is 17.6. The van der Waals surface area contributed by atoms with Crippen molar-refractivity contribution in [2.45, 2.75) is 64.4 Å². The highest BCUT2D eigenvalue weighted by Gasteiger charge is 2.59. The van der Waals surface area contributed by atoms with Crippen LogP contribution in [-0.4, -0.2) is 26.3 Å². The number of rotatable bonds is 6. The van der Waals surface area contributed by atoms with Crippen LogP contribution in [0.2, 0.25) is 0 Å². The Labute approximate surface area is 172 Å². The lowest BCUT2D eigenvalue weighted by Gasteiger charge is -2.33. The summed E-state index contributed by atoms with van der Waals surface area (Å²) in [7, 11) is 0. The fraction of sp³-hybridized carbons (Fsp3) is 0.478. The van der Waals surface area contributed by atoms with Crippen molar-refractivity contribution in [1.29, 1.82) is 0 Å². The highest BCUT2D eigenvalue weighted by molar-refractivity contribution is 5.65. The molecule has 0 amide bonds. The third-order valence-electron chi connectivity index (χ3n) is 6.70. The molecule has 0 spiro atoms. The molecule has 1 fully saturated rings. The smallest absolute Gasteiger partial charge is 0.151 e. The molecular formula is C23H30N4O2. The molecule has 1 saturated heterocycles. The standard InChI is InChI=1S/C23H30N4O2/c1-5-23(6-2)16(3)20(28-14-17-10-8-7-9-11-17)22(4,29-23)19-13-12-18-21(24)25-15-26-27(18)19/h7-13,15-16,20H,5-6,14H2,1-4H3,(H2,24,25,26)/t16-,20+,22?/m0/s1. The minimum Gasteiger partial charge on any atom is -0.382 e. The van der Waals surface area contributed by atoms with Crippen LogP contribution >= 0.6 is 0 Å². The second kappa shape index (κ2) is 7.43. The summed E-state index contributed by atoms with van der Waals surface area (Å²) in [6, 6.07) is 14.3. The maximum atomic E-state index is 6.89. The quantitative estimate of drug-likeness (QED) is 0.673. The lowest BCUT2D eigenvalue weighted by molar-refractivity contribution is -0.139. The van der Waals surface area contributed by atoms with Gasteiger partial charge in [-0.05, 0) is 37.5 Å². The van der Waals surface area contributed by atoms with Crippen molar-refractivity contribution in [2.75, 3.05) is 5.73 Å². The van der Waals surface area contributed by atoms with E-state index < -0.39 is 5.60 Å². The van der Waals surface area contributed by atoms with E-state index in [2.05, 4.69) is 49.9 Å². The molecule has 6 heteroatoms. The van der Waals surface area contributed by atoms with Gasteiger partial charge in [0.2, 0.25) is 0 Å². The molecule has 0 saturated carbocycles. The lowest BCUT2D eigenvalue weighted by Crippen LogP contribution is -2.39. The van der Waals surface area contributed by atoms with Crippen molar-refractivity contribution in [3.8, 4) is 0 Å². The van der Waals surface area contributed by atoms with Crippen LogP contribution in [0.25, 0.3) is 5.52 Å². The third-order valence-corrected chi connectivity index (χ3v) is 6.70. The number of ether oxygens (including phenoxy) is 2. The van der Waals surface area contributed by atoms with Crippen molar-refractivity contribution >= 4 is 11.3 Å². The molecule has 1 aliphatic heterocycles. The molecule has 1 aromatic carbocycles. The number of nitrogens with zero attached hydrogens (tertiary/aromatic N) is 3. The van der Waals surface area contributed by atoms with Crippen LogP contribution < -0.4 is 5.73 Å². The number of nitrogen functional groups attached to an aromatic ring is 1. The van der Waals surface area contributed by atoms with Gasteiger partial charge in [-0.2, -0.15) is 5.10 Å². The Hall–Kier alpha value is -2.44. The summed E-state index contributed by atoms with van der Waals surface area (Å²) in [5.41, 5.74) is 8.04. The number of anilines is 1. The Morgan fingerprint density at radius 2 is 1.86 bits per heavy atom. The van der Waals surface area contributed by atoms with Gasteiger partial charge < -0.3 is 15.2 Å². The van der Waals surface area contributed by atoms with Gasteiger partial charge in [-0.3, -0.25) is 0 Å². The molecule has 6 nitrogen and oxygen atoms in total. The Bertz CT molecular complexity index is 983. The molecular weight excluding hydrogens is 364 g/mol. The average Bonchev–Trinajstić information content (AvgIpc) is 3.27. The van der Waals surface area contributed by atoms with Crippen molar-refractivity contribution in [3.05, 3.63) is 60.0 Å². The topological polar surface area (TPSA) is 74.7 Å². The normalized spacial score (nSPS) is 26.2. The molecule has 3 heterocycles. The zero-order chi connectivity index (χ0) is 20.6. The average molecular weight is 395 g/mol. The van der Waals surface area contributed by atoms with E-state index >= 15 is 0 Å². The first-order valence-electron chi connectivity index (χ1n) is 10.4. The number of nitrogens with two attached hydrogens (primary N) is 1. The highest BCUT2D eigenvalue weighted by Crippen LogP contribution is 2.52. The molecule has 154 valence electrons. The van der Waals surface area contributed by atoms with Gasteiger partial charge >= 0.3 is 0 Å². The van der Waals surface area contributed by atoms with Gasteiger partial charge in [-0.25, -0.2) is 9.50 Å². The summed E-state index contributed by atoms with van der Waals surface area (Å²) >= 11 is 0. The van der Waals surface area contributed by atoms with Gasteiger partial charge in [0.25, 0.3) is 0 Å². The zero-order valence-electron chi connectivity index (χ0n) is 17.6. The van der Waals surface area contributed by atoms with Crippen molar-refractivity contribution in [3.63, 3.8) is 0 Å². The van der Waals surface area contributed by atoms with Crippen LogP contribution in [-0.2, 0) is 21.7 Å². The molecule has 4 rings (SSSR count). The Morgan fingerprint density at radius 3 is 2.55 bits per heavy atom.